The van der Waals surface area contributed by atoms with E-state index in [9.17, 15) is 0 Å². The molecule has 0 bridgehead atoms. The minimum absolute atomic E-state index is 1.11. The minimum atomic E-state index is 1.11. The Morgan fingerprint density at radius 3 is 1.52 bits per heavy atom. The first kappa shape index (κ1) is 35.7. The van der Waals surface area contributed by atoms with Gasteiger partial charge in [0, 0.05) is 53.7 Å². The third kappa shape index (κ3) is 5.85. The predicted octanol–water partition coefficient (Wildman–Crippen LogP) is 17.4. The first-order chi connectivity index (χ1) is 31.2. The zero-order valence-corrected chi connectivity index (χ0v) is 35.1. The van der Waals surface area contributed by atoms with Gasteiger partial charge >= 0.3 is 0 Å². The van der Waals surface area contributed by atoms with Crippen molar-refractivity contribution >= 4 is 103 Å². The van der Waals surface area contributed by atoms with Crippen molar-refractivity contribution in [3.8, 4) is 27.9 Å². The van der Waals surface area contributed by atoms with Gasteiger partial charge in [-0.25, -0.2) is 0 Å². The van der Waals surface area contributed by atoms with Crippen molar-refractivity contribution in [3.63, 3.8) is 0 Å². The fourth-order valence-electron chi connectivity index (χ4n) is 9.90. The SMILES string of the molecule is c1cc(-c2ccc(N(c3ccc(-c4ccc5c(ccc6ccccc65)c4)cc3)c3ccc4c(c3)sc3c5ccccc5ccc43)cc2)cc(-n2c3ccccc3c3ccccc32)c1. The summed E-state index contributed by atoms with van der Waals surface area (Å²) in [7, 11) is 0. The van der Waals surface area contributed by atoms with E-state index in [2.05, 4.69) is 240 Å². The van der Waals surface area contributed by atoms with Gasteiger partial charge in [-0.1, -0.05) is 164 Å². The Kier molecular flexibility index (Phi) is 8.12. The highest BCUT2D eigenvalue weighted by molar-refractivity contribution is 7.26. The van der Waals surface area contributed by atoms with Gasteiger partial charge < -0.3 is 9.47 Å². The monoisotopic (exact) mass is 818 g/mol. The molecular weight excluding hydrogens is 781 g/mol. The first-order valence-electron chi connectivity index (χ1n) is 21.6. The molecule has 0 unspecified atom stereocenters. The van der Waals surface area contributed by atoms with Crippen molar-refractivity contribution in [2.75, 3.05) is 4.90 Å². The standard InChI is InChI=1S/C60H38N2S/c1-3-14-50-41(10-1)20-21-45-36-44(27-33-51(45)50)40-24-30-47(31-25-40)61(49-32-35-55-56-34-26-42-11-2-4-15-52(42)60(56)63-59(55)38-49)46-28-22-39(23-29-46)43-12-9-13-48(37-43)62-57-18-7-5-16-53(57)54-17-6-8-19-58(54)62/h1-38H. The van der Waals surface area contributed by atoms with Gasteiger partial charge in [0.2, 0.25) is 0 Å². The van der Waals surface area contributed by atoms with E-state index < -0.39 is 0 Å². The maximum atomic E-state index is 2.40. The lowest BCUT2D eigenvalue weighted by molar-refractivity contribution is 1.18. The van der Waals surface area contributed by atoms with E-state index in [0.717, 1.165) is 22.7 Å². The lowest BCUT2D eigenvalue weighted by atomic mass is 9.97. The Balaban J connectivity index is 0.906. The molecule has 0 aliphatic heterocycles. The fourth-order valence-corrected chi connectivity index (χ4v) is 11.2. The summed E-state index contributed by atoms with van der Waals surface area (Å²) < 4.78 is 5.01. The molecule has 63 heavy (non-hydrogen) atoms. The normalized spacial score (nSPS) is 11.8. The summed E-state index contributed by atoms with van der Waals surface area (Å²) >= 11 is 1.89. The van der Waals surface area contributed by atoms with E-state index in [0.29, 0.717) is 0 Å². The molecule has 13 aromatic rings. The van der Waals surface area contributed by atoms with Gasteiger partial charge in [-0.3, -0.25) is 0 Å². The van der Waals surface area contributed by atoms with Crippen LogP contribution in [0.3, 0.4) is 0 Å². The summed E-state index contributed by atoms with van der Waals surface area (Å²) in [5.41, 5.74) is 11.7. The number of benzene rings is 11. The minimum Gasteiger partial charge on any atom is -0.310 e. The van der Waals surface area contributed by atoms with Crippen LogP contribution in [-0.2, 0) is 0 Å². The van der Waals surface area contributed by atoms with Gasteiger partial charge in [0.15, 0.2) is 0 Å². The average molecular weight is 819 g/mol. The van der Waals surface area contributed by atoms with Crippen molar-refractivity contribution < 1.29 is 0 Å². The van der Waals surface area contributed by atoms with E-state index in [1.54, 1.807) is 0 Å². The molecule has 0 atom stereocenters. The van der Waals surface area contributed by atoms with Crippen molar-refractivity contribution in [1.29, 1.82) is 0 Å². The maximum absolute atomic E-state index is 2.40. The number of hydrogen-bond acceptors (Lipinski definition) is 2. The highest BCUT2D eigenvalue weighted by atomic mass is 32.1. The Labute approximate surface area is 368 Å². The van der Waals surface area contributed by atoms with Crippen molar-refractivity contribution in [2.24, 2.45) is 0 Å². The lowest BCUT2D eigenvalue weighted by Gasteiger charge is -2.26. The second-order valence-electron chi connectivity index (χ2n) is 16.5. The highest BCUT2D eigenvalue weighted by Crippen LogP contribution is 2.44. The Bertz CT molecular complexity index is 3860. The van der Waals surface area contributed by atoms with Crippen LogP contribution < -0.4 is 4.90 Å². The summed E-state index contributed by atoms with van der Waals surface area (Å²) in [6, 6.07) is 84.7. The summed E-state index contributed by atoms with van der Waals surface area (Å²) in [4.78, 5) is 2.40. The molecule has 0 amide bonds. The van der Waals surface area contributed by atoms with Gasteiger partial charge in [0.05, 0.1) is 11.0 Å². The third-order valence-corrected chi connectivity index (χ3v) is 14.2. The van der Waals surface area contributed by atoms with Crippen molar-refractivity contribution in [1.82, 2.24) is 4.57 Å². The van der Waals surface area contributed by atoms with Crippen molar-refractivity contribution in [3.05, 3.63) is 231 Å². The first-order valence-corrected chi connectivity index (χ1v) is 22.4. The van der Waals surface area contributed by atoms with Gasteiger partial charge in [-0.2, -0.15) is 0 Å². The van der Waals surface area contributed by atoms with Crippen LogP contribution in [0.15, 0.2) is 231 Å². The molecule has 0 spiro atoms. The summed E-state index contributed by atoms with van der Waals surface area (Å²) in [6.45, 7) is 0. The van der Waals surface area contributed by atoms with Crippen LogP contribution >= 0.6 is 11.3 Å². The molecule has 0 radical (unpaired) electrons. The molecule has 0 fully saturated rings. The highest BCUT2D eigenvalue weighted by Gasteiger charge is 2.17. The number of nitrogens with zero attached hydrogens (tertiary/aromatic N) is 2. The van der Waals surface area contributed by atoms with E-state index in [4.69, 9.17) is 0 Å². The maximum Gasteiger partial charge on any atom is 0.0541 e. The van der Waals surface area contributed by atoms with Crippen molar-refractivity contribution in [2.45, 2.75) is 0 Å². The molecule has 0 saturated carbocycles. The summed E-state index contributed by atoms with van der Waals surface area (Å²) in [5, 5.41) is 12.8. The van der Waals surface area contributed by atoms with E-state index >= 15 is 0 Å². The number of aromatic nitrogens is 1. The smallest absolute Gasteiger partial charge is 0.0541 e. The van der Waals surface area contributed by atoms with Gasteiger partial charge in [-0.15, -0.1) is 11.3 Å². The summed E-state index contributed by atoms with van der Waals surface area (Å²) in [5.74, 6) is 0. The molecule has 2 nitrogen and oxygen atoms in total. The number of hydrogen-bond donors (Lipinski definition) is 0. The third-order valence-electron chi connectivity index (χ3n) is 13.0. The van der Waals surface area contributed by atoms with Gasteiger partial charge in [0.25, 0.3) is 0 Å². The number of fused-ring (bicyclic) bond motifs is 11. The average Bonchev–Trinajstić information content (AvgIpc) is 3.90. The molecular formula is C60H38N2S. The summed E-state index contributed by atoms with van der Waals surface area (Å²) in [6.07, 6.45) is 0. The Hall–Kier alpha value is -7.98. The number of rotatable bonds is 6. The topological polar surface area (TPSA) is 8.17 Å². The molecule has 11 aromatic carbocycles. The lowest BCUT2D eigenvalue weighted by Crippen LogP contribution is -2.09. The van der Waals surface area contributed by atoms with Crippen LogP contribution in [0.5, 0.6) is 0 Å². The zero-order valence-electron chi connectivity index (χ0n) is 34.2. The molecule has 0 aliphatic carbocycles. The molecule has 0 aliphatic rings. The Morgan fingerprint density at radius 2 is 0.810 bits per heavy atom. The van der Waals surface area contributed by atoms with Crippen LogP contribution in [0.1, 0.15) is 0 Å². The largest absolute Gasteiger partial charge is 0.310 e. The quantitative estimate of drug-likeness (QED) is 0.152. The predicted molar refractivity (Wildman–Crippen MR) is 272 cm³/mol. The second-order valence-corrected chi connectivity index (χ2v) is 17.6. The van der Waals surface area contributed by atoms with E-state index in [1.807, 2.05) is 11.3 Å². The van der Waals surface area contributed by atoms with Crippen LogP contribution in [0, 0.1) is 0 Å². The van der Waals surface area contributed by atoms with Gasteiger partial charge in [-0.05, 0) is 121 Å². The van der Waals surface area contributed by atoms with Crippen LogP contribution in [-0.4, -0.2) is 4.57 Å². The van der Waals surface area contributed by atoms with Crippen LogP contribution in [0.2, 0.25) is 0 Å². The number of anilines is 3. The molecule has 0 saturated heterocycles. The fraction of sp³-hybridized carbons (Fsp3) is 0. The van der Waals surface area contributed by atoms with E-state index in [-0.39, 0.29) is 0 Å². The Morgan fingerprint density at radius 1 is 0.302 bits per heavy atom. The molecule has 13 rings (SSSR count). The molecule has 0 N–H and O–H groups in total. The zero-order chi connectivity index (χ0) is 41.4. The molecule has 294 valence electrons. The molecule has 2 aromatic heterocycles. The number of para-hydroxylation sites is 2. The van der Waals surface area contributed by atoms with E-state index in [1.165, 1.54) is 96.5 Å². The molecule has 2 heterocycles. The van der Waals surface area contributed by atoms with Gasteiger partial charge in [0.1, 0.15) is 0 Å². The van der Waals surface area contributed by atoms with Crippen LogP contribution in [0.25, 0.3) is 102 Å². The van der Waals surface area contributed by atoms with Crippen LogP contribution in [0.4, 0.5) is 17.1 Å². The number of thiophene rings is 1. The molecule has 3 heteroatoms. The second kappa shape index (κ2) is 14.3.